The second-order valence-electron chi connectivity index (χ2n) is 12.2. The van der Waals surface area contributed by atoms with Crippen molar-refractivity contribution in [2.24, 2.45) is 0 Å². The van der Waals surface area contributed by atoms with E-state index in [1.54, 1.807) is 34.0 Å². The molecule has 0 aliphatic carbocycles. The van der Waals surface area contributed by atoms with Crippen molar-refractivity contribution >= 4 is 64.7 Å². The van der Waals surface area contributed by atoms with E-state index < -0.39 is 0 Å². The zero-order chi connectivity index (χ0) is 33.0. The first-order valence-corrected chi connectivity index (χ1v) is 18.8. The van der Waals surface area contributed by atoms with Gasteiger partial charge in [-0.3, -0.25) is 0 Å². The van der Waals surface area contributed by atoms with Crippen molar-refractivity contribution in [3.8, 4) is 65.2 Å². The molecule has 3 nitrogen and oxygen atoms in total. The van der Waals surface area contributed by atoms with Crippen LogP contribution in [-0.2, 0) is 0 Å². The average Bonchev–Trinajstić information content (AvgIpc) is 3.97. The number of fused-ring (bicyclic) bond motifs is 3. The maximum Gasteiger partial charge on any atom is 0.237 e. The molecule has 0 aliphatic rings. The third-order valence-corrected chi connectivity index (χ3v) is 12.5. The van der Waals surface area contributed by atoms with E-state index in [-0.39, 0.29) is 0 Å². The summed E-state index contributed by atoms with van der Waals surface area (Å²) in [6.45, 7) is 0. The van der Waals surface area contributed by atoms with Crippen LogP contribution in [0.3, 0.4) is 0 Å². The van der Waals surface area contributed by atoms with Gasteiger partial charge in [-0.25, -0.2) is 9.97 Å². The number of benzene rings is 6. The first kappa shape index (κ1) is 29.3. The lowest BCUT2D eigenvalue weighted by atomic mass is 9.94. The Kier molecular flexibility index (Phi) is 7.05. The van der Waals surface area contributed by atoms with Gasteiger partial charge in [0.2, 0.25) is 5.89 Å². The minimum atomic E-state index is 0.654. The van der Waals surface area contributed by atoms with Gasteiger partial charge in [0.1, 0.15) is 10.5 Å². The van der Waals surface area contributed by atoms with E-state index in [1.807, 2.05) is 12.1 Å². The van der Waals surface area contributed by atoms with Crippen LogP contribution in [0.4, 0.5) is 0 Å². The van der Waals surface area contributed by atoms with Crippen LogP contribution in [0.25, 0.3) is 95.9 Å². The fourth-order valence-corrected chi connectivity index (χ4v) is 9.99. The Hall–Kier alpha value is -5.66. The number of thiazole rings is 1. The number of hydrogen-bond donors (Lipinski definition) is 0. The fraction of sp³-hybridized carbons (Fsp3) is 0. The molecule has 0 fully saturated rings. The predicted molar refractivity (Wildman–Crippen MR) is 213 cm³/mol. The van der Waals surface area contributed by atoms with Crippen molar-refractivity contribution in [3.63, 3.8) is 0 Å². The van der Waals surface area contributed by atoms with Gasteiger partial charge in [0.15, 0.2) is 5.58 Å². The highest BCUT2D eigenvalue weighted by Gasteiger charge is 2.19. The number of hydrogen-bond acceptors (Lipinski definition) is 6. The van der Waals surface area contributed by atoms with Crippen molar-refractivity contribution in [3.05, 3.63) is 158 Å². The van der Waals surface area contributed by atoms with Crippen LogP contribution in [0.5, 0.6) is 0 Å². The summed E-state index contributed by atoms with van der Waals surface area (Å²) in [7, 11) is 0. The van der Waals surface area contributed by atoms with E-state index in [0.717, 1.165) is 48.8 Å². The van der Waals surface area contributed by atoms with Gasteiger partial charge in [0, 0.05) is 9.40 Å². The van der Waals surface area contributed by atoms with E-state index in [4.69, 9.17) is 14.4 Å². The van der Waals surface area contributed by atoms with Crippen LogP contribution in [0.1, 0.15) is 0 Å². The molecule has 10 rings (SSSR count). The van der Waals surface area contributed by atoms with Crippen molar-refractivity contribution in [2.45, 2.75) is 0 Å². The van der Waals surface area contributed by atoms with Crippen LogP contribution in [0.15, 0.2) is 162 Å². The van der Waals surface area contributed by atoms with Gasteiger partial charge in [-0.2, -0.15) is 0 Å². The van der Waals surface area contributed by atoms with E-state index in [2.05, 4.69) is 146 Å². The molecule has 0 aliphatic heterocycles. The van der Waals surface area contributed by atoms with Gasteiger partial charge in [0.25, 0.3) is 0 Å². The Labute approximate surface area is 300 Å². The molecule has 0 atom stereocenters. The zero-order valence-corrected chi connectivity index (χ0v) is 29.0. The summed E-state index contributed by atoms with van der Waals surface area (Å²) < 4.78 is 10.1. The lowest BCUT2D eigenvalue weighted by molar-refractivity contribution is 0.622. The molecule has 0 bridgehead atoms. The minimum absolute atomic E-state index is 0.654. The fourth-order valence-electron chi connectivity index (χ4n) is 6.63. The van der Waals surface area contributed by atoms with Crippen LogP contribution in [0, 0.1) is 0 Å². The van der Waals surface area contributed by atoms with Crippen LogP contribution >= 0.6 is 34.0 Å². The molecule has 10 aromatic rings. The third kappa shape index (κ3) is 5.17. The molecule has 6 heteroatoms. The number of nitrogens with zero attached hydrogens (tertiary/aromatic N) is 2. The molecule has 0 saturated carbocycles. The van der Waals surface area contributed by atoms with Gasteiger partial charge in [-0.1, -0.05) is 121 Å². The SMILES string of the molecule is c1ccc(-c2cc3nc(-c4cc5sc(-c6nc7cc(-c8ccccc8)c(-c8ccccc8)cc7s6)cc5s4)oc3cc2-c2ccccc2)cc1. The van der Waals surface area contributed by atoms with Gasteiger partial charge in [-0.05, 0) is 80.9 Å². The monoisotopic (exact) mass is 694 g/mol. The number of thiophene rings is 2. The highest BCUT2D eigenvalue weighted by molar-refractivity contribution is 7.32. The Balaban J connectivity index is 1.02. The number of oxazole rings is 1. The molecule has 0 unspecified atom stereocenters. The molecule has 50 heavy (non-hydrogen) atoms. The van der Waals surface area contributed by atoms with E-state index in [9.17, 15) is 0 Å². The molecule has 0 N–H and O–H groups in total. The molecule has 6 aromatic carbocycles. The summed E-state index contributed by atoms with van der Waals surface area (Å²) in [6, 6.07) is 55.6. The van der Waals surface area contributed by atoms with Crippen molar-refractivity contribution in [1.29, 1.82) is 0 Å². The first-order valence-electron chi connectivity index (χ1n) is 16.4. The van der Waals surface area contributed by atoms with E-state index in [1.165, 1.54) is 41.2 Å². The van der Waals surface area contributed by atoms with Crippen LogP contribution in [0.2, 0.25) is 0 Å². The molecular weight excluding hydrogens is 669 g/mol. The topological polar surface area (TPSA) is 38.9 Å². The summed E-state index contributed by atoms with van der Waals surface area (Å²) in [5.41, 5.74) is 12.1. The van der Waals surface area contributed by atoms with E-state index in [0.29, 0.717) is 5.89 Å². The molecular formula is C44H26N2OS3. The second kappa shape index (κ2) is 12.0. The lowest BCUT2D eigenvalue weighted by Crippen LogP contribution is -1.85. The summed E-state index contributed by atoms with van der Waals surface area (Å²) in [5, 5.41) is 1.04. The minimum Gasteiger partial charge on any atom is -0.435 e. The van der Waals surface area contributed by atoms with Gasteiger partial charge < -0.3 is 4.42 Å². The largest absolute Gasteiger partial charge is 0.435 e. The summed E-state index contributed by atoms with van der Waals surface area (Å²) >= 11 is 5.25. The Bertz CT molecular complexity index is 2420. The standard InChI is InChI=1S/C44H26N2OS3/c1-5-13-27(14-6-1)31-21-35-37(23-33(31)29-17-9-3-10-18-29)47-43(45-35)41-25-39-40(48-41)26-42(49-39)44-46-36-22-32(28-15-7-2-8-16-28)34(24-38(36)50-44)30-19-11-4-12-20-30/h1-26H. The van der Waals surface area contributed by atoms with Crippen molar-refractivity contribution in [1.82, 2.24) is 9.97 Å². The lowest BCUT2D eigenvalue weighted by Gasteiger charge is -2.10. The molecule has 0 spiro atoms. The smallest absolute Gasteiger partial charge is 0.237 e. The maximum absolute atomic E-state index is 6.45. The molecule has 236 valence electrons. The summed E-state index contributed by atoms with van der Waals surface area (Å²) in [4.78, 5) is 12.4. The first-order chi connectivity index (χ1) is 24.7. The average molecular weight is 695 g/mol. The molecule has 0 amide bonds. The predicted octanol–water partition coefficient (Wildman–Crippen LogP) is 13.7. The summed E-state index contributed by atoms with van der Waals surface area (Å²) in [5.74, 6) is 0.654. The maximum atomic E-state index is 6.45. The highest BCUT2D eigenvalue weighted by Crippen LogP contribution is 2.46. The molecule has 0 radical (unpaired) electrons. The summed E-state index contributed by atoms with van der Waals surface area (Å²) in [6.07, 6.45) is 0. The van der Waals surface area contributed by atoms with Gasteiger partial charge in [-0.15, -0.1) is 34.0 Å². The highest BCUT2D eigenvalue weighted by atomic mass is 32.1. The van der Waals surface area contributed by atoms with E-state index >= 15 is 0 Å². The third-order valence-electron chi connectivity index (χ3n) is 9.02. The van der Waals surface area contributed by atoms with Crippen LogP contribution < -0.4 is 0 Å². The number of rotatable bonds is 6. The normalized spacial score (nSPS) is 11.6. The van der Waals surface area contributed by atoms with Crippen molar-refractivity contribution in [2.75, 3.05) is 0 Å². The van der Waals surface area contributed by atoms with Gasteiger partial charge >= 0.3 is 0 Å². The van der Waals surface area contributed by atoms with Crippen LogP contribution in [-0.4, -0.2) is 9.97 Å². The quantitative estimate of drug-likeness (QED) is 0.174. The molecule has 4 heterocycles. The Morgan fingerprint density at radius 3 is 1.40 bits per heavy atom. The second-order valence-corrected chi connectivity index (χ2v) is 15.4. The Morgan fingerprint density at radius 2 is 0.840 bits per heavy atom. The zero-order valence-electron chi connectivity index (χ0n) is 26.5. The Morgan fingerprint density at radius 1 is 0.380 bits per heavy atom. The molecule has 0 saturated heterocycles. The van der Waals surface area contributed by atoms with Crippen molar-refractivity contribution < 1.29 is 4.42 Å². The molecule has 4 aromatic heterocycles. The number of aromatic nitrogens is 2. The van der Waals surface area contributed by atoms with Gasteiger partial charge in [0.05, 0.1) is 20.0 Å².